The number of aliphatic carboxylic acids is 1. The summed E-state index contributed by atoms with van der Waals surface area (Å²) in [6.45, 7) is -0.264. The first-order valence-electron chi connectivity index (χ1n) is 4.97. The monoisotopic (exact) mass is 415 g/mol. The third-order valence-electron chi connectivity index (χ3n) is 2.11. The predicted octanol–water partition coefficient (Wildman–Crippen LogP) is 1.59. The van der Waals surface area contributed by atoms with Crippen molar-refractivity contribution in [2.45, 2.75) is 10.9 Å². The first-order chi connectivity index (χ1) is 8.77. The van der Waals surface area contributed by atoms with Crippen LogP contribution in [0.4, 0.5) is 0 Å². The maximum Gasteiger partial charge on any atom is 0.324 e. The van der Waals surface area contributed by atoms with Crippen LogP contribution in [-0.4, -0.2) is 39.3 Å². The number of methoxy groups -OCH3 is 1. The van der Waals surface area contributed by atoms with E-state index in [0.29, 0.717) is 8.95 Å². The Morgan fingerprint density at radius 3 is 2.63 bits per heavy atom. The number of carbonyl (C=O) groups is 1. The summed E-state index contributed by atoms with van der Waals surface area (Å²) in [6, 6.07) is 3.23. The Kier molecular flexibility index (Phi) is 5.93. The van der Waals surface area contributed by atoms with Gasteiger partial charge in [0.1, 0.15) is 6.04 Å². The number of nitrogens with one attached hydrogen (secondary N) is 1. The van der Waals surface area contributed by atoms with Crippen molar-refractivity contribution >= 4 is 47.9 Å². The van der Waals surface area contributed by atoms with Crippen molar-refractivity contribution in [3.8, 4) is 0 Å². The summed E-state index contributed by atoms with van der Waals surface area (Å²) in [5.74, 6) is -1.31. The summed E-state index contributed by atoms with van der Waals surface area (Å²) in [4.78, 5) is 10.9. The van der Waals surface area contributed by atoms with E-state index >= 15 is 0 Å². The Hall–Kier alpha value is -0.480. The van der Waals surface area contributed by atoms with Gasteiger partial charge in [-0.3, -0.25) is 4.79 Å². The van der Waals surface area contributed by atoms with Crippen LogP contribution in [-0.2, 0) is 19.6 Å². The summed E-state index contributed by atoms with van der Waals surface area (Å²) < 4.78 is 31.9. The lowest BCUT2D eigenvalue weighted by Gasteiger charge is -2.14. The molecule has 0 radical (unpaired) electrons. The van der Waals surface area contributed by atoms with Gasteiger partial charge in [0.25, 0.3) is 0 Å². The molecule has 0 heterocycles. The van der Waals surface area contributed by atoms with E-state index in [1.54, 1.807) is 12.1 Å². The van der Waals surface area contributed by atoms with Gasteiger partial charge in [0.05, 0.1) is 11.5 Å². The van der Waals surface area contributed by atoms with Gasteiger partial charge < -0.3 is 9.84 Å². The van der Waals surface area contributed by atoms with E-state index in [-0.39, 0.29) is 11.5 Å². The highest BCUT2D eigenvalue weighted by atomic mass is 79.9. The van der Waals surface area contributed by atoms with Crippen molar-refractivity contribution in [1.29, 1.82) is 0 Å². The molecule has 9 heteroatoms. The van der Waals surface area contributed by atoms with E-state index in [4.69, 9.17) is 5.11 Å². The molecule has 0 amide bonds. The Morgan fingerprint density at radius 2 is 2.11 bits per heavy atom. The van der Waals surface area contributed by atoms with Crippen LogP contribution in [0.1, 0.15) is 0 Å². The molecule has 1 rings (SSSR count). The molecule has 0 aliphatic carbocycles. The number of hydrogen-bond acceptors (Lipinski definition) is 4. The summed E-state index contributed by atoms with van der Waals surface area (Å²) in [5, 5.41) is 8.91. The van der Waals surface area contributed by atoms with Crippen LogP contribution in [0, 0.1) is 0 Å². The molecule has 0 fully saturated rings. The largest absolute Gasteiger partial charge is 0.480 e. The van der Waals surface area contributed by atoms with Crippen LogP contribution in [0.5, 0.6) is 0 Å². The number of halogens is 2. The number of carboxylic acids is 1. The maximum atomic E-state index is 12.1. The Balaban J connectivity index is 3.10. The van der Waals surface area contributed by atoms with Gasteiger partial charge in [0, 0.05) is 16.1 Å². The number of rotatable bonds is 6. The van der Waals surface area contributed by atoms with Crippen LogP contribution in [0.2, 0.25) is 0 Å². The van der Waals surface area contributed by atoms with E-state index in [2.05, 4.69) is 41.3 Å². The fourth-order valence-corrected chi connectivity index (χ4v) is 3.93. The summed E-state index contributed by atoms with van der Waals surface area (Å²) in [5.41, 5.74) is 0. The van der Waals surface area contributed by atoms with E-state index in [1.165, 1.54) is 13.2 Å². The fraction of sp³-hybridized carbons (Fsp3) is 0.300. The minimum Gasteiger partial charge on any atom is -0.480 e. The average Bonchev–Trinajstić information content (AvgIpc) is 2.31. The molecule has 106 valence electrons. The predicted molar refractivity (Wildman–Crippen MR) is 75.5 cm³/mol. The zero-order valence-electron chi connectivity index (χ0n) is 9.76. The Labute approximate surface area is 127 Å². The molecule has 6 nitrogen and oxygen atoms in total. The summed E-state index contributed by atoms with van der Waals surface area (Å²) in [6.07, 6.45) is 0. The fourth-order valence-electron chi connectivity index (χ4n) is 1.26. The van der Waals surface area contributed by atoms with Crippen LogP contribution in [0.15, 0.2) is 32.0 Å². The molecule has 2 N–H and O–H groups in total. The lowest BCUT2D eigenvalue weighted by atomic mass is 10.3. The second kappa shape index (κ2) is 6.80. The average molecular weight is 417 g/mol. The lowest BCUT2D eigenvalue weighted by Crippen LogP contribution is -2.43. The van der Waals surface area contributed by atoms with Gasteiger partial charge in [-0.05, 0) is 34.1 Å². The zero-order chi connectivity index (χ0) is 14.6. The van der Waals surface area contributed by atoms with Crippen molar-refractivity contribution < 1.29 is 23.1 Å². The second-order valence-corrected chi connectivity index (χ2v) is 6.99. The smallest absolute Gasteiger partial charge is 0.324 e. The summed E-state index contributed by atoms with van der Waals surface area (Å²) >= 11 is 6.27. The highest BCUT2D eigenvalue weighted by molar-refractivity contribution is 9.11. The van der Waals surface area contributed by atoms with E-state index in [9.17, 15) is 13.2 Å². The topological polar surface area (TPSA) is 92.7 Å². The minimum atomic E-state index is -3.97. The van der Waals surface area contributed by atoms with Crippen molar-refractivity contribution in [3.63, 3.8) is 0 Å². The van der Waals surface area contributed by atoms with Gasteiger partial charge in [-0.2, -0.15) is 4.72 Å². The normalized spacial score (nSPS) is 13.2. The van der Waals surface area contributed by atoms with E-state index in [1.807, 2.05) is 0 Å². The number of carboxylic acid groups (broad SMARTS) is 1. The molecule has 0 saturated heterocycles. The molecule has 0 aromatic heterocycles. The third kappa shape index (κ3) is 4.53. The minimum absolute atomic E-state index is 0.0516. The van der Waals surface area contributed by atoms with E-state index in [0.717, 1.165) is 0 Å². The van der Waals surface area contributed by atoms with E-state index < -0.39 is 22.0 Å². The lowest BCUT2D eigenvalue weighted by molar-refractivity contribution is -0.140. The highest BCUT2D eigenvalue weighted by Crippen LogP contribution is 2.25. The molecule has 0 spiro atoms. The molecular weight excluding hydrogens is 406 g/mol. The number of benzene rings is 1. The maximum absolute atomic E-state index is 12.1. The number of sulfonamides is 1. The van der Waals surface area contributed by atoms with Gasteiger partial charge in [-0.25, -0.2) is 8.42 Å². The van der Waals surface area contributed by atoms with Gasteiger partial charge in [-0.15, -0.1) is 0 Å². The number of hydrogen-bond donors (Lipinski definition) is 2. The van der Waals surface area contributed by atoms with Gasteiger partial charge in [0.15, 0.2) is 0 Å². The molecular formula is C10H11Br2NO5S. The third-order valence-corrected chi connectivity index (χ3v) is 5.07. The van der Waals surface area contributed by atoms with Crippen LogP contribution < -0.4 is 4.72 Å². The second-order valence-electron chi connectivity index (χ2n) is 3.54. The zero-order valence-corrected chi connectivity index (χ0v) is 13.7. The molecule has 0 aliphatic heterocycles. The van der Waals surface area contributed by atoms with Crippen molar-refractivity contribution in [1.82, 2.24) is 4.72 Å². The van der Waals surface area contributed by atoms with Gasteiger partial charge in [-0.1, -0.05) is 15.9 Å². The van der Waals surface area contributed by atoms with Crippen LogP contribution in [0.25, 0.3) is 0 Å². The van der Waals surface area contributed by atoms with Crippen molar-refractivity contribution in [2.75, 3.05) is 13.7 Å². The first kappa shape index (κ1) is 16.6. The quantitative estimate of drug-likeness (QED) is 0.734. The number of ether oxygens (including phenoxy) is 1. The summed E-state index contributed by atoms with van der Waals surface area (Å²) in [7, 11) is -2.68. The molecule has 0 bridgehead atoms. The van der Waals surface area contributed by atoms with Gasteiger partial charge >= 0.3 is 5.97 Å². The molecule has 0 aliphatic rings. The molecule has 1 aromatic carbocycles. The van der Waals surface area contributed by atoms with Crippen molar-refractivity contribution in [2.24, 2.45) is 0 Å². The van der Waals surface area contributed by atoms with Crippen molar-refractivity contribution in [3.05, 3.63) is 27.1 Å². The SMILES string of the molecule is COCC(NS(=O)(=O)c1cc(Br)ccc1Br)C(=O)O. The Bertz CT molecular complexity index is 575. The molecule has 1 unspecified atom stereocenters. The first-order valence-corrected chi connectivity index (χ1v) is 8.04. The molecule has 19 heavy (non-hydrogen) atoms. The standard InChI is InChI=1S/C10H11Br2NO5S/c1-18-5-8(10(14)15)13-19(16,17)9-4-6(11)2-3-7(9)12/h2-4,8,13H,5H2,1H3,(H,14,15). The van der Waals surface area contributed by atoms with Crippen LogP contribution in [0.3, 0.4) is 0 Å². The Morgan fingerprint density at radius 1 is 1.47 bits per heavy atom. The molecule has 1 atom stereocenters. The molecule has 1 aromatic rings. The highest BCUT2D eigenvalue weighted by Gasteiger charge is 2.26. The van der Waals surface area contributed by atoms with Crippen LogP contribution >= 0.6 is 31.9 Å². The molecule has 0 saturated carbocycles. The van der Waals surface area contributed by atoms with Gasteiger partial charge in [0.2, 0.25) is 10.0 Å².